The summed E-state index contributed by atoms with van der Waals surface area (Å²) in [6, 6.07) is 2.19. The number of nitrogens with zero attached hydrogens (tertiary/aromatic N) is 3. The molecule has 58 heavy (non-hydrogen) atoms. The second-order valence-electron chi connectivity index (χ2n) is 16.2. The zero-order valence-corrected chi connectivity index (χ0v) is 35.5. The van der Waals surface area contributed by atoms with Crippen molar-refractivity contribution in [3.63, 3.8) is 0 Å². The summed E-state index contributed by atoms with van der Waals surface area (Å²) in [4.78, 5) is 72.1. The Morgan fingerprint density at radius 3 is 2.62 bits per heavy atom. The molecule has 4 aliphatic rings. The van der Waals surface area contributed by atoms with Crippen molar-refractivity contribution in [2.45, 2.75) is 115 Å². The molecule has 0 aromatic carbocycles. The van der Waals surface area contributed by atoms with E-state index in [1.165, 1.54) is 28.5 Å². The van der Waals surface area contributed by atoms with Crippen LogP contribution in [-0.2, 0) is 50.1 Å². The van der Waals surface area contributed by atoms with Gasteiger partial charge in [-0.15, -0.1) is 11.8 Å². The summed E-state index contributed by atoms with van der Waals surface area (Å²) in [5.74, 6) is -4.30. The predicted octanol–water partition coefficient (Wildman–Crippen LogP) is 1.37. The van der Waals surface area contributed by atoms with Gasteiger partial charge in [0.1, 0.15) is 17.8 Å². The van der Waals surface area contributed by atoms with Crippen molar-refractivity contribution < 1.29 is 52.1 Å². The number of aromatic nitrogens is 1. The van der Waals surface area contributed by atoms with E-state index in [1.54, 1.807) is 32.3 Å². The van der Waals surface area contributed by atoms with Gasteiger partial charge in [0.15, 0.2) is 0 Å². The predicted molar refractivity (Wildman–Crippen MR) is 214 cm³/mol. The van der Waals surface area contributed by atoms with Gasteiger partial charge in [-0.2, -0.15) is 13.1 Å². The molecule has 3 saturated heterocycles. The van der Waals surface area contributed by atoms with E-state index in [4.69, 9.17) is 9.47 Å². The molecule has 3 fully saturated rings. The minimum atomic E-state index is -3.92. The standard InChI is InChI=1S/C39H58N6O11S2/c1-6-39(4,5)34(47)36(49)44-16-8-7-11-29(44)38(52)56-27(13-12-25-10-9-14-40-19-25)22-55-17-15-42-58(53,54)43-20-26-18-28(21-41-26)57-33-23(2)31-30(24(3)46)35(48)45(31)32(33)37(50)51/h9-10,14,19,23-24,26-31,41-43,46H,6-8,11-13,15-18,20-22H2,1-5H3,(H,50,51)/t23-,24-,26+,27-,28+,29+,30-,31-/m1/s1. The summed E-state index contributed by atoms with van der Waals surface area (Å²) >= 11 is 1.38. The minimum Gasteiger partial charge on any atom is -0.477 e. The normalized spacial score (nSPS) is 25.9. The second-order valence-corrected chi connectivity index (χ2v) is 19.1. The smallest absolute Gasteiger partial charge is 0.353 e. The van der Waals surface area contributed by atoms with E-state index >= 15 is 0 Å². The molecular weight excluding hydrogens is 793 g/mol. The van der Waals surface area contributed by atoms with Crippen LogP contribution in [0, 0.1) is 17.3 Å². The summed E-state index contributed by atoms with van der Waals surface area (Å²) < 4.78 is 42.4. The maximum atomic E-state index is 13.6. The van der Waals surface area contributed by atoms with Crippen LogP contribution >= 0.6 is 11.8 Å². The maximum absolute atomic E-state index is 13.6. The fourth-order valence-electron chi connectivity index (χ4n) is 7.90. The summed E-state index contributed by atoms with van der Waals surface area (Å²) in [6.45, 7) is 9.43. The fraction of sp³-hybridized carbons (Fsp3) is 0.692. The van der Waals surface area contributed by atoms with Crippen LogP contribution in [0.2, 0.25) is 0 Å². The number of β-lactam (4-membered cyclic amide) rings is 1. The van der Waals surface area contributed by atoms with Crippen LogP contribution in [0.25, 0.3) is 0 Å². The molecule has 4 aliphatic heterocycles. The Labute approximate surface area is 344 Å². The number of rotatable bonds is 21. The van der Waals surface area contributed by atoms with Crippen LogP contribution in [0.15, 0.2) is 35.1 Å². The minimum absolute atomic E-state index is 0.0213. The number of carbonyl (C=O) groups is 5. The number of carboxylic acid groups (broad SMARTS) is 1. The molecule has 19 heteroatoms. The number of carboxylic acids is 1. The molecule has 1 aromatic rings. The quantitative estimate of drug-likeness (QED) is 0.0509. The molecule has 1 aromatic heterocycles. The van der Waals surface area contributed by atoms with Gasteiger partial charge in [-0.3, -0.25) is 19.4 Å². The number of fused-ring (bicyclic) bond motifs is 1. The van der Waals surface area contributed by atoms with E-state index in [0.29, 0.717) is 56.4 Å². The number of amides is 2. The lowest BCUT2D eigenvalue weighted by Crippen LogP contribution is -2.63. The van der Waals surface area contributed by atoms with Crippen molar-refractivity contribution in [3.8, 4) is 0 Å². The van der Waals surface area contributed by atoms with Crippen LogP contribution in [-0.4, -0.2) is 138 Å². The van der Waals surface area contributed by atoms with Gasteiger partial charge >= 0.3 is 11.9 Å². The molecular formula is C39H58N6O11S2. The first kappa shape index (κ1) is 45.6. The van der Waals surface area contributed by atoms with Crippen molar-refractivity contribution in [1.29, 1.82) is 0 Å². The van der Waals surface area contributed by atoms with E-state index in [2.05, 4.69) is 19.7 Å². The second kappa shape index (κ2) is 19.7. The number of ketones is 1. The lowest BCUT2D eigenvalue weighted by atomic mass is 9.79. The van der Waals surface area contributed by atoms with Crippen molar-refractivity contribution in [2.24, 2.45) is 17.3 Å². The first-order chi connectivity index (χ1) is 27.5. The molecule has 0 spiro atoms. The zero-order chi connectivity index (χ0) is 42.4. The number of esters is 1. The number of aryl methyl sites for hydroxylation is 1. The number of carbonyl (C=O) groups excluding carboxylic acids is 4. The van der Waals surface area contributed by atoms with E-state index in [-0.39, 0.29) is 61.7 Å². The highest BCUT2D eigenvalue weighted by Gasteiger charge is 2.60. The molecule has 8 atom stereocenters. The molecule has 5 rings (SSSR count). The maximum Gasteiger partial charge on any atom is 0.353 e. The molecule has 2 amide bonds. The Morgan fingerprint density at radius 2 is 1.95 bits per heavy atom. The number of hydrogen-bond acceptors (Lipinski definition) is 13. The average Bonchev–Trinajstić information content (AvgIpc) is 3.75. The largest absolute Gasteiger partial charge is 0.477 e. The highest BCUT2D eigenvalue weighted by Crippen LogP contribution is 2.51. The Kier molecular flexibility index (Phi) is 15.5. The number of aliphatic carboxylic acids is 1. The number of thioether (sulfide) groups is 1. The van der Waals surface area contributed by atoms with E-state index in [1.807, 2.05) is 19.9 Å². The number of aliphatic hydroxyl groups excluding tert-OH is 1. The number of hydrogen-bond donors (Lipinski definition) is 5. The number of piperidine rings is 1. The molecule has 0 bridgehead atoms. The van der Waals surface area contributed by atoms with Crippen LogP contribution in [0.1, 0.15) is 78.7 Å². The van der Waals surface area contributed by atoms with Crippen LogP contribution in [0.3, 0.4) is 0 Å². The number of ether oxygens (including phenoxy) is 2. The van der Waals surface area contributed by atoms with E-state index < -0.39 is 69.5 Å². The number of likely N-dealkylation sites (tertiary alicyclic amines) is 1. The summed E-state index contributed by atoms with van der Waals surface area (Å²) in [5.41, 5.74) is 0.0320. The van der Waals surface area contributed by atoms with Crippen molar-refractivity contribution in [3.05, 3.63) is 40.7 Å². The number of pyridine rings is 1. The van der Waals surface area contributed by atoms with Gasteiger partial charge in [0.25, 0.3) is 16.1 Å². The highest BCUT2D eigenvalue weighted by molar-refractivity contribution is 8.03. The molecule has 0 radical (unpaired) electrons. The fourth-order valence-corrected chi connectivity index (χ4v) is 10.3. The van der Waals surface area contributed by atoms with Crippen LogP contribution in [0.5, 0.6) is 0 Å². The highest BCUT2D eigenvalue weighted by atomic mass is 32.2. The average molecular weight is 851 g/mol. The first-order valence-electron chi connectivity index (χ1n) is 20.1. The van der Waals surface area contributed by atoms with E-state index in [9.17, 15) is 42.6 Å². The Bertz CT molecular complexity index is 1810. The third-order valence-corrected chi connectivity index (χ3v) is 14.3. The Morgan fingerprint density at radius 1 is 1.19 bits per heavy atom. The van der Waals surface area contributed by atoms with E-state index in [0.717, 1.165) is 5.56 Å². The van der Waals surface area contributed by atoms with Crippen LogP contribution in [0.4, 0.5) is 0 Å². The lowest BCUT2D eigenvalue weighted by Gasteiger charge is -2.46. The monoisotopic (exact) mass is 850 g/mol. The van der Waals surface area contributed by atoms with Gasteiger partial charge in [0, 0.05) is 66.1 Å². The van der Waals surface area contributed by atoms with Gasteiger partial charge in [-0.05, 0) is 63.5 Å². The number of nitrogens with one attached hydrogen (secondary N) is 3. The van der Waals surface area contributed by atoms with Crippen molar-refractivity contribution in [2.75, 3.05) is 39.4 Å². The van der Waals surface area contributed by atoms with Gasteiger partial charge in [0.2, 0.25) is 11.7 Å². The Balaban J connectivity index is 1.08. The van der Waals surface area contributed by atoms with Crippen LogP contribution < -0.4 is 14.8 Å². The first-order valence-corrected chi connectivity index (χ1v) is 22.5. The molecule has 5 N–H and O–H groups in total. The molecule has 17 nitrogen and oxygen atoms in total. The summed E-state index contributed by atoms with van der Waals surface area (Å²) in [6.07, 6.45) is 5.46. The van der Waals surface area contributed by atoms with Gasteiger partial charge in [-0.1, -0.05) is 33.8 Å². The Hall–Kier alpha value is -3.46. The lowest BCUT2D eigenvalue weighted by molar-refractivity contribution is -0.166. The third-order valence-electron chi connectivity index (χ3n) is 11.6. The molecule has 0 saturated carbocycles. The molecule has 322 valence electrons. The van der Waals surface area contributed by atoms with Gasteiger partial charge in [0.05, 0.1) is 31.3 Å². The number of aliphatic hydroxyl groups is 1. The van der Waals surface area contributed by atoms with Crippen molar-refractivity contribution in [1.82, 2.24) is 29.5 Å². The number of Topliss-reactive ketones (excluding diaryl/α,β-unsaturated/α-hetero) is 1. The third kappa shape index (κ3) is 10.8. The van der Waals surface area contributed by atoms with Gasteiger partial charge in [-0.25, -0.2) is 14.3 Å². The van der Waals surface area contributed by atoms with Gasteiger partial charge < -0.3 is 34.8 Å². The molecule has 5 heterocycles. The molecule has 0 aliphatic carbocycles. The SMILES string of the molecule is CCC(C)(C)C(=O)C(=O)N1CCCC[C@H]1C(=O)O[C@H](CCc1cccnc1)COCCNS(=O)(=O)NC[C@@H]1C[C@H](SC2=C(C(=O)O)N3C(=O)[C@H]([C@@H](C)O)[C@H]3[C@H]2C)CN1. The molecule has 0 unspecified atom stereocenters. The summed E-state index contributed by atoms with van der Waals surface area (Å²) in [5, 5.41) is 23.3. The summed E-state index contributed by atoms with van der Waals surface area (Å²) in [7, 11) is -3.92. The zero-order valence-electron chi connectivity index (χ0n) is 33.8. The van der Waals surface area contributed by atoms with Crippen molar-refractivity contribution >= 4 is 51.5 Å². The topological polar surface area (TPSA) is 234 Å².